The average Bonchev–Trinajstić information content (AvgIpc) is 3.40. The Bertz CT molecular complexity index is 1470. The molecule has 2 fully saturated rings. The predicted octanol–water partition coefficient (Wildman–Crippen LogP) is 6.51. The smallest absolute Gasteiger partial charge is 0.416 e. The number of likely N-dealkylation sites (tertiary alicyclic amines) is 1. The topological polar surface area (TPSA) is 88.5 Å². The summed E-state index contributed by atoms with van der Waals surface area (Å²) in [5.74, 6) is 0.0915. The van der Waals surface area contributed by atoms with Crippen molar-refractivity contribution < 1.29 is 27.5 Å². The molecule has 0 bridgehead atoms. The van der Waals surface area contributed by atoms with E-state index in [0.717, 1.165) is 30.7 Å². The van der Waals surface area contributed by atoms with E-state index in [0.29, 0.717) is 67.2 Å². The number of anilines is 1. The quantitative estimate of drug-likeness (QED) is 0.196. The summed E-state index contributed by atoms with van der Waals surface area (Å²) in [6.07, 6.45) is 3.16. The first-order valence-electron chi connectivity index (χ1n) is 15.2. The molecular weight excluding hydrogens is 591 g/mol. The van der Waals surface area contributed by atoms with Crippen LogP contribution in [0.3, 0.4) is 0 Å². The molecule has 2 aliphatic rings. The van der Waals surface area contributed by atoms with Crippen LogP contribution in [-0.2, 0) is 28.7 Å². The second-order valence-corrected chi connectivity index (χ2v) is 12.8. The Labute approximate surface area is 259 Å². The molecule has 44 heavy (non-hydrogen) atoms. The first-order valence-corrected chi connectivity index (χ1v) is 16.0. The van der Waals surface area contributed by atoms with Gasteiger partial charge >= 0.3 is 12.1 Å². The number of thiazole rings is 1. The summed E-state index contributed by atoms with van der Waals surface area (Å²) in [6, 6.07) is 4.68. The highest BCUT2D eigenvalue weighted by molar-refractivity contribution is 7.12. The van der Waals surface area contributed by atoms with Gasteiger partial charge in [0.2, 0.25) is 0 Å². The van der Waals surface area contributed by atoms with Crippen LogP contribution in [0.4, 0.5) is 19.0 Å². The summed E-state index contributed by atoms with van der Waals surface area (Å²) in [5, 5.41) is 0.533. The van der Waals surface area contributed by atoms with Gasteiger partial charge in [-0.05, 0) is 64.6 Å². The van der Waals surface area contributed by atoms with Crippen LogP contribution in [0.1, 0.15) is 77.5 Å². The van der Waals surface area contributed by atoms with E-state index in [9.17, 15) is 22.8 Å². The maximum atomic E-state index is 13.8. The van der Waals surface area contributed by atoms with Crippen molar-refractivity contribution in [3.8, 4) is 11.3 Å². The maximum absolute atomic E-state index is 13.8. The number of esters is 1. The Morgan fingerprint density at radius 2 is 1.84 bits per heavy atom. The molecule has 3 aromatic rings. The molecule has 1 atom stereocenters. The lowest BCUT2D eigenvalue weighted by atomic mass is 9.97. The van der Waals surface area contributed by atoms with Gasteiger partial charge in [-0.3, -0.25) is 14.5 Å². The minimum Gasteiger partial charge on any atom is -0.466 e. The molecule has 2 aliphatic heterocycles. The minimum absolute atomic E-state index is 0.0236. The third kappa shape index (κ3) is 7.46. The number of carbonyl (C=O) groups is 2. The minimum atomic E-state index is -4.47. The van der Waals surface area contributed by atoms with Crippen molar-refractivity contribution in [2.24, 2.45) is 5.92 Å². The van der Waals surface area contributed by atoms with Crippen molar-refractivity contribution in [1.82, 2.24) is 19.9 Å². The van der Waals surface area contributed by atoms with Gasteiger partial charge in [-0.2, -0.15) is 13.2 Å². The molecule has 0 saturated carbocycles. The predicted molar refractivity (Wildman–Crippen MR) is 163 cm³/mol. The molecule has 0 spiro atoms. The van der Waals surface area contributed by atoms with Crippen LogP contribution in [0.5, 0.6) is 0 Å². The van der Waals surface area contributed by atoms with Gasteiger partial charge in [0.1, 0.15) is 16.5 Å². The van der Waals surface area contributed by atoms with Crippen molar-refractivity contribution in [3.05, 3.63) is 57.3 Å². The largest absolute Gasteiger partial charge is 0.466 e. The molecule has 5 rings (SSSR count). The fourth-order valence-electron chi connectivity index (χ4n) is 5.92. The monoisotopic (exact) mass is 629 g/mol. The molecule has 0 N–H and O–H groups in total. The normalized spacial score (nSPS) is 18.4. The summed E-state index contributed by atoms with van der Waals surface area (Å²) in [6.45, 7) is 8.55. The van der Waals surface area contributed by atoms with E-state index in [1.807, 2.05) is 4.90 Å². The van der Waals surface area contributed by atoms with Gasteiger partial charge in [0, 0.05) is 36.1 Å². The second kappa shape index (κ2) is 13.7. The molecule has 12 heteroatoms. The summed E-state index contributed by atoms with van der Waals surface area (Å²) < 4.78 is 46.4. The van der Waals surface area contributed by atoms with E-state index in [-0.39, 0.29) is 35.3 Å². The lowest BCUT2D eigenvalue weighted by Gasteiger charge is -2.33. The lowest BCUT2D eigenvalue weighted by Crippen LogP contribution is -2.37. The number of benzene rings is 1. The number of Topliss-reactive ketones (excluding diaryl/α,β-unsaturated/α-hetero) is 1. The number of aryl methyl sites for hydroxylation is 1. The number of aromatic nitrogens is 3. The number of alkyl halides is 3. The van der Waals surface area contributed by atoms with E-state index < -0.39 is 11.7 Å². The number of ether oxygens (including phenoxy) is 1. The zero-order valence-corrected chi connectivity index (χ0v) is 26.1. The molecule has 0 amide bonds. The number of ketones is 1. The van der Waals surface area contributed by atoms with Crippen LogP contribution in [0.25, 0.3) is 11.3 Å². The van der Waals surface area contributed by atoms with E-state index in [4.69, 9.17) is 9.72 Å². The molecule has 1 aromatic carbocycles. The van der Waals surface area contributed by atoms with Gasteiger partial charge in [0.05, 0.1) is 42.6 Å². The summed E-state index contributed by atoms with van der Waals surface area (Å²) in [5.41, 5.74) is 0.566. The van der Waals surface area contributed by atoms with Crippen LogP contribution < -0.4 is 4.90 Å². The molecule has 2 saturated heterocycles. The molecule has 4 heterocycles. The standard InChI is InChI=1S/C32H38F3N5O3S/c1-4-43-31(42)22-10-13-39(14-11-22)28-18-36-25(17-37-28)26(41)16-29-38-30(23-9-8-20(2)24(15-23)32(33,34)35)27(44-29)19-40-12-6-5-7-21(40)3/h8-9,15,17-18,21-22H,4-7,10-14,16,19H2,1-3H3/t21-/m1/s1. The van der Waals surface area contributed by atoms with Crippen molar-refractivity contribution in [2.45, 2.75) is 78.1 Å². The Hall–Kier alpha value is -3.38. The fraction of sp³-hybridized carbons (Fsp3) is 0.531. The third-order valence-electron chi connectivity index (χ3n) is 8.52. The molecule has 2 aromatic heterocycles. The average molecular weight is 630 g/mol. The zero-order chi connectivity index (χ0) is 31.4. The van der Waals surface area contributed by atoms with Crippen LogP contribution in [0, 0.1) is 12.8 Å². The highest BCUT2D eigenvalue weighted by Gasteiger charge is 2.33. The number of nitrogens with zero attached hydrogens (tertiary/aromatic N) is 5. The molecule has 236 valence electrons. The van der Waals surface area contributed by atoms with Crippen LogP contribution >= 0.6 is 11.3 Å². The third-order valence-corrected chi connectivity index (χ3v) is 9.56. The number of carbonyl (C=O) groups excluding carboxylic acids is 2. The molecule has 0 unspecified atom stereocenters. The number of hydrogen-bond donors (Lipinski definition) is 0. The summed E-state index contributed by atoms with van der Waals surface area (Å²) in [4.78, 5) is 44.1. The van der Waals surface area contributed by atoms with Gasteiger partial charge in [-0.25, -0.2) is 15.0 Å². The second-order valence-electron chi connectivity index (χ2n) is 11.6. The fourth-order valence-corrected chi connectivity index (χ4v) is 7.04. The Morgan fingerprint density at radius 1 is 1.07 bits per heavy atom. The first-order chi connectivity index (χ1) is 21.0. The van der Waals surface area contributed by atoms with E-state index in [1.54, 1.807) is 19.2 Å². The maximum Gasteiger partial charge on any atom is 0.416 e. The van der Waals surface area contributed by atoms with Crippen molar-refractivity contribution in [2.75, 3.05) is 31.1 Å². The van der Waals surface area contributed by atoms with Gasteiger partial charge in [0.25, 0.3) is 0 Å². The van der Waals surface area contributed by atoms with Gasteiger partial charge < -0.3 is 9.64 Å². The molecule has 0 radical (unpaired) electrons. The molecular formula is C32H38F3N5O3S. The number of rotatable bonds is 9. The zero-order valence-electron chi connectivity index (χ0n) is 25.3. The number of hydrogen-bond acceptors (Lipinski definition) is 9. The van der Waals surface area contributed by atoms with Gasteiger partial charge in [-0.15, -0.1) is 11.3 Å². The van der Waals surface area contributed by atoms with Crippen LogP contribution in [-0.4, -0.2) is 63.9 Å². The molecule has 0 aliphatic carbocycles. The van der Waals surface area contributed by atoms with Crippen molar-refractivity contribution in [1.29, 1.82) is 0 Å². The Kier molecular flexibility index (Phi) is 9.99. The first kappa shape index (κ1) is 32.0. The van der Waals surface area contributed by atoms with E-state index in [2.05, 4.69) is 21.8 Å². The molecule has 8 nitrogen and oxygen atoms in total. The van der Waals surface area contributed by atoms with Gasteiger partial charge in [-0.1, -0.05) is 18.6 Å². The van der Waals surface area contributed by atoms with Crippen molar-refractivity contribution >= 4 is 28.9 Å². The highest BCUT2D eigenvalue weighted by atomic mass is 32.1. The SMILES string of the molecule is CCOC(=O)C1CCN(c2cnc(C(=O)Cc3nc(-c4ccc(C)c(C(F)(F)F)c4)c(CN4CCCC[C@H]4C)s3)cn2)CC1. The number of piperidine rings is 2. The lowest BCUT2D eigenvalue weighted by molar-refractivity contribution is -0.148. The van der Waals surface area contributed by atoms with Crippen LogP contribution in [0.15, 0.2) is 30.6 Å². The summed E-state index contributed by atoms with van der Waals surface area (Å²) >= 11 is 1.37. The van der Waals surface area contributed by atoms with Gasteiger partial charge in [0.15, 0.2) is 5.78 Å². The Balaban J connectivity index is 1.33. The van der Waals surface area contributed by atoms with Crippen molar-refractivity contribution in [3.63, 3.8) is 0 Å². The van der Waals surface area contributed by atoms with Crippen LogP contribution in [0.2, 0.25) is 0 Å². The summed E-state index contributed by atoms with van der Waals surface area (Å²) in [7, 11) is 0. The number of halogens is 3. The highest BCUT2D eigenvalue weighted by Crippen LogP contribution is 2.37. The Morgan fingerprint density at radius 3 is 2.50 bits per heavy atom. The van der Waals surface area contributed by atoms with E-state index in [1.165, 1.54) is 36.6 Å². The van der Waals surface area contributed by atoms with E-state index >= 15 is 0 Å².